The standard InChI is InChI=1S/C19H23NO3/c1-12-9-14(19(3,4)5)10-13(2)16(12)11-23-18(22)15-7-6-8-20-17(15)21/h6-10H,11H2,1-5H3,(H,20,21). The number of hydrogen-bond acceptors (Lipinski definition) is 3. The molecular formula is C19H23NO3. The number of H-pyrrole nitrogens is 1. The van der Waals surface area contributed by atoms with Crippen LogP contribution < -0.4 is 5.56 Å². The van der Waals surface area contributed by atoms with Crippen molar-refractivity contribution in [1.82, 2.24) is 4.98 Å². The molecule has 1 N–H and O–H groups in total. The number of benzene rings is 1. The highest BCUT2D eigenvalue weighted by molar-refractivity contribution is 5.88. The fourth-order valence-corrected chi connectivity index (χ4v) is 2.45. The summed E-state index contributed by atoms with van der Waals surface area (Å²) in [7, 11) is 0. The molecule has 0 aliphatic carbocycles. The highest BCUT2D eigenvalue weighted by Gasteiger charge is 2.17. The molecule has 4 nitrogen and oxygen atoms in total. The molecule has 1 heterocycles. The quantitative estimate of drug-likeness (QED) is 0.880. The Morgan fingerprint density at radius 2 is 1.78 bits per heavy atom. The van der Waals surface area contributed by atoms with Gasteiger partial charge in [0.1, 0.15) is 12.2 Å². The van der Waals surface area contributed by atoms with E-state index >= 15 is 0 Å². The normalized spacial score (nSPS) is 11.3. The van der Waals surface area contributed by atoms with E-state index < -0.39 is 11.5 Å². The highest BCUT2D eigenvalue weighted by Crippen LogP contribution is 2.27. The third-order valence-corrected chi connectivity index (χ3v) is 3.95. The Balaban J connectivity index is 2.20. The molecule has 0 radical (unpaired) electrons. The first-order valence-corrected chi connectivity index (χ1v) is 7.65. The minimum absolute atomic E-state index is 0.0223. The molecule has 0 saturated heterocycles. The summed E-state index contributed by atoms with van der Waals surface area (Å²) >= 11 is 0. The van der Waals surface area contributed by atoms with E-state index in [-0.39, 0.29) is 17.6 Å². The minimum Gasteiger partial charge on any atom is -0.457 e. The van der Waals surface area contributed by atoms with Gasteiger partial charge in [0, 0.05) is 6.20 Å². The van der Waals surface area contributed by atoms with E-state index in [9.17, 15) is 9.59 Å². The van der Waals surface area contributed by atoms with E-state index in [4.69, 9.17) is 4.74 Å². The SMILES string of the molecule is Cc1cc(C(C)(C)C)cc(C)c1COC(=O)c1ccc[nH]c1=O. The molecule has 4 heteroatoms. The van der Waals surface area contributed by atoms with E-state index in [1.165, 1.54) is 17.8 Å². The van der Waals surface area contributed by atoms with E-state index in [1.807, 2.05) is 13.8 Å². The second-order valence-corrected chi connectivity index (χ2v) is 6.83. The average Bonchev–Trinajstić information content (AvgIpc) is 2.45. The number of ether oxygens (including phenoxy) is 1. The van der Waals surface area contributed by atoms with Crippen molar-refractivity contribution >= 4 is 5.97 Å². The second-order valence-electron chi connectivity index (χ2n) is 6.83. The second kappa shape index (κ2) is 6.41. The van der Waals surface area contributed by atoms with Crippen LogP contribution in [0.15, 0.2) is 35.3 Å². The molecule has 23 heavy (non-hydrogen) atoms. The van der Waals surface area contributed by atoms with Crippen LogP contribution in [0.5, 0.6) is 0 Å². The van der Waals surface area contributed by atoms with Crippen LogP contribution in [0.2, 0.25) is 0 Å². The first-order valence-electron chi connectivity index (χ1n) is 7.65. The number of carbonyl (C=O) groups excluding carboxylic acids is 1. The van der Waals surface area contributed by atoms with Gasteiger partial charge in [-0.2, -0.15) is 0 Å². The van der Waals surface area contributed by atoms with Crippen molar-refractivity contribution in [1.29, 1.82) is 0 Å². The Hall–Kier alpha value is -2.36. The third kappa shape index (κ3) is 3.89. The lowest BCUT2D eigenvalue weighted by Gasteiger charge is -2.22. The topological polar surface area (TPSA) is 59.2 Å². The number of hydrogen-bond donors (Lipinski definition) is 1. The Morgan fingerprint density at radius 1 is 1.17 bits per heavy atom. The molecular weight excluding hydrogens is 290 g/mol. The zero-order valence-corrected chi connectivity index (χ0v) is 14.3. The van der Waals surface area contributed by atoms with Crippen LogP contribution in [-0.4, -0.2) is 11.0 Å². The molecule has 1 aromatic carbocycles. The number of pyridine rings is 1. The van der Waals surface area contributed by atoms with Gasteiger partial charge in [-0.05, 0) is 53.6 Å². The summed E-state index contributed by atoms with van der Waals surface area (Å²) in [5.74, 6) is -0.606. The summed E-state index contributed by atoms with van der Waals surface area (Å²) in [6.07, 6.45) is 1.48. The maximum Gasteiger partial charge on any atom is 0.344 e. The van der Waals surface area contributed by atoms with Crippen LogP contribution in [0, 0.1) is 13.8 Å². The summed E-state index contributed by atoms with van der Waals surface area (Å²) < 4.78 is 5.32. The predicted octanol–water partition coefficient (Wildman–Crippen LogP) is 3.65. The van der Waals surface area contributed by atoms with E-state index in [2.05, 4.69) is 37.9 Å². The molecule has 0 amide bonds. The number of nitrogens with one attached hydrogen (secondary N) is 1. The number of rotatable bonds is 3. The van der Waals surface area contributed by atoms with Crippen LogP contribution in [0.25, 0.3) is 0 Å². The maximum absolute atomic E-state index is 12.0. The number of carbonyl (C=O) groups is 1. The Bertz CT molecular complexity index is 759. The molecule has 0 spiro atoms. The van der Waals surface area contributed by atoms with Gasteiger partial charge in [0.05, 0.1) is 0 Å². The van der Waals surface area contributed by atoms with Gasteiger partial charge in [0.2, 0.25) is 0 Å². The largest absolute Gasteiger partial charge is 0.457 e. The van der Waals surface area contributed by atoms with E-state index in [0.29, 0.717) is 0 Å². The Morgan fingerprint density at radius 3 is 2.30 bits per heavy atom. The molecule has 0 unspecified atom stereocenters. The molecule has 0 saturated carbocycles. The zero-order chi connectivity index (χ0) is 17.2. The molecule has 0 atom stereocenters. The summed E-state index contributed by atoms with van der Waals surface area (Å²) in [5, 5.41) is 0. The molecule has 122 valence electrons. The molecule has 2 rings (SSSR count). The van der Waals surface area contributed by atoms with Crippen molar-refractivity contribution in [2.24, 2.45) is 0 Å². The lowest BCUT2D eigenvalue weighted by Crippen LogP contribution is -2.19. The minimum atomic E-state index is -0.606. The van der Waals surface area contributed by atoms with Gasteiger partial charge in [0.15, 0.2) is 0 Å². The van der Waals surface area contributed by atoms with Crippen molar-refractivity contribution in [3.8, 4) is 0 Å². The average molecular weight is 313 g/mol. The van der Waals surface area contributed by atoms with E-state index in [1.54, 1.807) is 6.07 Å². The van der Waals surface area contributed by atoms with Crippen LogP contribution in [-0.2, 0) is 16.8 Å². The molecule has 1 aromatic heterocycles. The van der Waals surface area contributed by atoms with Crippen LogP contribution in [0.4, 0.5) is 0 Å². The molecule has 2 aromatic rings. The summed E-state index contributed by atoms with van der Waals surface area (Å²) in [4.78, 5) is 26.1. The Labute approximate surface area is 136 Å². The number of aromatic nitrogens is 1. The Kier molecular flexibility index (Phi) is 4.73. The third-order valence-electron chi connectivity index (χ3n) is 3.95. The van der Waals surface area contributed by atoms with E-state index in [0.717, 1.165) is 16.7 Å². The number of aromatic amines is 1. The number of esters is 1. The first-order chi connectivity index (χ1) is 10.7. The predicted molar refractivity (Wildman–Crippen MR) is 90.8 cm³/mol. The van der Waals surface area contributed by atoms with Gasteiger partial charge < -0.3 is 9.72 Å². The van der Waals surface area contributed by atoms with Gasteiger partial charge in [0.25, 0.3) is 5.56 Å². The summed E-state index contributed by atoms with van der Waals surface area (Å²) in [6.45, 7) is 10.7. The van der Waals surface area contributed by atoms with Crippen LogP contribution >= 0.6 is 0 Å². The lowest BCUT2D eigenvalue weighted by atomic mass is 9.84. The maximum atomic E-state index is 12.0. The molecule has 0 bridgehead atoms. The van der Waals surface area contributed by atoms with Crippen molar-refractivity contribution in [3.05, 3.63) is 68.6 Å². The smallest absolute Gasteiger partial charge is 0.344 e. The number of aryl methyl sites for hydroxylation is 2. The molecule has 0 aliphatic heterocycles. The van der Waals surface area contributed by atoms with Crippen molar-refractivity contribution in [3.63, 3.8) is 0 Å². The fraction of sp³-hybridized carbons (Fsp3) is 0.368. The fourth-order valence-electron chi connectivity index (χ4n) is 2.45. The first kappa shape index (κ1) is 17.0. The van der Waals surface area contributed by atoms with Crippen molar-refractivity contribution in [2.75, 3.05) is 0 Å². The summed E-state index contributed by atoms with van der Waals surface area (Å²) in [5.41, 5.74) is 4.07. The van der Waals surface area contributed by atoms with Crippen LogP contribution in [0.1, 0.15) is 53.4 Å². The van der Waals surface area contributed by atoms with Gasteiger partial charge in [-0.3, -0.25) is 4.79 Å². The zero-order valence-electron chi connectivity index (χ0n) is 14.3. The lowest BCUT2D eigenvalue weighted by molar-refractivity contribution is 0.0469. The molecule has 0 aliphatic rings. The van der Waals surface area contributed by atoms with Gasteiger partial charge >= 0.3 is 5.97 Å². The monoisotopic (exact) mass is 313 g/mol. The van der Waals surface area contributed by atoms with Gasteiger partial charge in [-0.25, -0.2) is 4.79 Å². The van der Waals surface area contributed by atoms with Crippen LogP contribution in [0.3, 0.4) is 0 Å². The van der Waals surface area contributed by atoms with Crippen molar-refractivity contribution < 1.29 is 9.53 Å². The van der Waals surface area contributed by atoms with Gasteiger partial charge in [-0.15, -0.1) is 0 Å². The van der Waals surface area contributed by atoms with Gasteiger partial charge in [-0.1, -0.05) is 32.9 Å². The summed E-state index contributed by atoms with van der Waals surface area (Å²) in [6, 6.07) is 7.33. The molecule has 0 fully saturated rings. The van der Waals surface area contributed by atoms with Crippen molar-refractivity contribution in [2.45, 2.75) is 46.6 Å². The highest BCUT2D eigenvalue weighted by atomic mass is 16.5.